The molecule has 0 spiro atoms. The molecule has 0 fully saturated rings. The van der Waals surface area contributed by atoms with Gasteiger partial charge in [-0.3, -0.25) is 4.99 Å². The van der Waals surface area contributed by atoms with Crippen molar-refractivity contribution in [3.63, 3.8) is 0 Å². The smallest absolute Gasteiger partial charge is 0.337 e. The van der Waals surface area contributed by atoms with Crippen LogP contribution in [0, 0.1) is 5.41 Å². The highest BCUT2D eigenvalue weighted by Crippen LogP contribution is 2.44. The number of methoxy groups -OCH3 is 1. The molecule has 1 aliphatic heterocycles. The van der Waals surface area contributed by atoms with E-state index >= 15 is 0 Å². The van der Waals surface area contributed by atoms with Gasteiger partial charge in [0.25, 0.3) is 0 Å². The second-order valence-electron chi connectivity index (χ2n) is 7.41. The van der Waals surface area contributed by atoms with Crippen molar-refractivity contribution in [3.05, 3.63) is 34.4 Å². The third kappa shape index (κ3) is 4.10. The fraction of sp³-hybridized carbons (Fsp3) is 0.421. The van der Waals surface area contributed by atoms with Crippen LogP contribution < -0.4 is 10.1 Å². The summed E-state index contributed by atoms with van der Waals surface area (Å²) in [7, 11) is 1.49. The largest absolute Gasteiger partial charge is 0.497 e. The number of aromatic carboxylic acids is 1. The molecule has 3 rings (SSSR count). The van der Waals surface area contributed by atoms with E-state index in [1.54, 1.807) is 12.1 Å². The molecule has 0 radical (unpaired) electrons. The quantitative estimate of drug-likeness (QED) is 0.706. The number of allylic oxidation sites excluding steroid dienone is 2. The van der Waals surface area contributed by atoms with E-state index in [-0.39, 0.29) is 11.0 Å². The summed E-state index contributed by atoms with van der Waals surface area (Å²) in [6, 6.07) is 4.13. The predicted molar refractivity (Wildman–Crippen MR) is 105 cm³/mol. The number of benzene rings is 1. The molecule has 0 saturated carbocycles. The minimum atomic E-state index is -1.05. The van der Waals surface area contributed by atoms with Crippen LogP contribution in [0.25, 0.3) is 0 Å². The maximum atomic E-state index is 11.7. The van der Waals surface area contributed by atoms with Crippen LogP contribution in [0.5, 0.6) is 5.75 Å². The number of aliphatic imine (C=N–C) groups is 1. The molecule has 0 saturated heterocycles. The van der Waals surface area contributed by atoms with Crippen LogP contribution in [-0.2, 0) is 4.79 Å². The van der Waals surface area contributed by atoms with Crippen molar-refractivity contribution in [3.8, 4) is 5.75 Å². The lowest BCUT2D eigenvalue weighted by Crippen LogP contribution is -2.34. The summed E-state index contributed by atoms with van der Waals surface area (Å²) in [5.41, 5.74) is 2.15. The second-order valence-corrected chi connectivity index (χ2v) is 8.44. The molecule has 1 atom stereocenters. The number of ether oxygens (including phenoxy) is 1. The van der Waals surface area contributed by atoms with Crippen molar-refractivity contribution in [1.29, 1.82) is 0 Å². The minimum Gasteiger partial charge on any atom is -0.497 e. The molecule has 0 aromatic heterocycles. The van der Waals surface area contributed by atoms with Crippen LogP contribution in [0.3, 0.4) is 0 Å². The van der Waals surface area contributed by atoms with E-state index < -0.39 is 18.0 Å². The fourth-order valence-corrected chi connectivity index (χ4v) is 4.45. The highest BCUT2D eigenvalue weighted by Gasteiger charge is 2.36. The van der Waals surface area contributed by atoms with Gasteiger partial charge in [0.2, 0.25) is 0 Å². The Hall–Kier alpha value is -2.48. The van der Waals surface area contributed by atoms with E-state index in [1.807, 2.05) is 0 Å². The molecule has 1 aromatic rings. The maximum Gasteiger partial charge on any atom is 0.337 e. The zero-order valence-corrected chi connectivity index (χ0v) is 16.2. The standard InChI is InChI=1S/C19H22N2O5S/c1-19(2)7-13(16-14(8-19)21-15(9-27-16)18(24)25)20-12-5-4-10(26-3)6-11(12)17(22)23/h4-6,15,20H,7-9H2,1-3H3,(H,22,23)(H,24,25). The number of rotatable bonds is 5. The molecule has 1 heterocycles. The summed E-state index contributed by atoms with van der Waals surface area (Å²) in [5.74, 6) is -1.13. The Bertz CT molecular complexity index is 860. The summed E-state index contributed by atoms with van der Waals surface area (Å²) in [6.07, 6.45) is 1.41. The Morgan fingerprint density at radius 3 is 2.67 bits per heavy atom. The number of carboxylic acid groups (broad SMARTS) is 2. The number of carboxylic acids is 2. The Balaban J connectivity index is 2.02. The van der Waals surface area contributed by atoms with Gasteiger partial charge >= 0.3 is 11.9 Å². The van der Waals surface area contributed by atoms with Crippen molar-refractivity contribution in [2.75, 3.05) is 18.2 Å². The van der Waals surface area contributed by atoms with Crippen molar-refractivity contribution in [1.82, 2.24) is 0 Å². The highest BCUT2D eigenvalue weighted by atomic mass is 32.2. The van der Waals surface area contributed by atoms with Crippen LogP contribution in [-0.4, -0.2) is 46.8 Å². The monoisotopic (exact) mass is 390 g/mol. The first kappa shape index (κ1) is 19.3. The molecule has 2 aliphatic rings. The second kappa shape index (κ2) is 7.26. The number of hydrogen-bond donors (Lipinski definition) is 3. The third-order valence-corrected chi connectivity index (χ3v) is 5.82. The summed E-state index contributed by atoms with van der Waals surface area (Å²) >= 11 is 1.47. The first-order valence-electron chi connectivity index (χ1n) is 8.54. The third-order valence-electron chi connectivity index (χ3n) is 4.56. The number of nitrogens with one attached hydrogen (secondary N) is 1. The van der Waals surface area contributed by atoms with Gasteiger partial charge in [0, 0.05) is 16.4 Å². The molecule has 1 aliphatic carbocycles. The lowest BCUT2D eigenvalue weighted by molar-refractivity contribution is -0.137. The maximum absolute atomic E-state index is 11.7. The van der Waals surface area contributed by atoms with E-state index in [9.17, 15) is 19.8 Å². The molecule has 7 nitrogen and oxygen atoms in total. The van der Waals surface area contributed by atoms with Crippen LogP contribution in [0.4, 0.5) is 5.69 Å². The molecule has 0 bridgehead atoms. The number of carbonyl (C=O) groups is 2. The average Bonchev–Trinajstić information content (AvgIpc) is 2.60. The lowest BCUT2D eigenvalue weighted by atomic mass is 9.78. The van der Waals surface area contributed by atoms with Gasteiger partial charge in [0.1, 0.15) is 5.75 Å². The Labute approximate surface area is 161 Å². The van der Waals surface area contributed by atoms with Crippen LogP contribution in [0.1, 0.15) is 37.0 Å². The molecule has 3 N–H and O–H groups in total. The topological polar surface area (TPSA) is 108 Å². The molecule has 1 aromatic carbocycles. The highest BCUT2D eigenvalue weighted by molar-refractivity contribution is 8.04. The van der Waals surface area contributed by atoms with Gasteiger partial charge in [-0.2, -0.15) is 0 Å². The van der Waals surface area contributed by atoms with E-state index in [0.717, 1.165) is 22.7 Å². The fourth-order valence-electron chi connectivity index (χ4n) is 3.32. The number of fused-ring (bicyclic) bond motifs is 1. The van der Waals surface area contributed by atoms with Gasteiger partial charge in [-0.25, -0.2) is 9.59 Å². The summed E-state index contributed by atoms with van der Waals surface area (Å²) in [6.45, 7) is 4.18. The van der Waals surface area contributed by atoms with Gasteiger partial charge in [0.15, 0.2) is 6.04 Å². The zero-order chi connectivity index (χ0) is 19.8. The van der Waals surface area contributed by atoms with E-state index in [4.69, 9.17) is 4.74 Å². The molecular weight excluding hydrogens is 368 g/mol. The van der Waals surface area contributed by atoms with Crippen molar-refractivity contribution >= 4 is 35.1 Å². The number of nitrogens with zero attached hydrogens (tertiary/aromatic N) is 1. The van der Waals surface area contributed by atoms with Crippen LogP contribution >= 0.6 is 11.8 Å². The van der Waals surface area contributed by atoms with Gasteiger partial charge in [-0.1, -0.05) is 13.8 Å². The van der Waals surface area contributed by atoms with Gasteiger partial charge in [0.05, 0.1) is 24.1 Å². The zero-order valence-electron chi connectivity index (χ0n) is 15.4. The summed E-state index contributed by atoms with van der Waals surface area (Å²) in [4.78, 5) is 28.3. The summed E-state index contributed by atoms with van der Waals surface area (Å²) < 4.78 is 5.12. The minimum absolute atomic E-state index is 0.110. The molecule has 1 unspecified atom stereocenters. The average molecular weight is 390 g/mol. The molecule has 27 heavy (non-hydrogen) atoms. The van der Waals surface area contributed by atoms with Gasteiger partial charge in [-0.15, -0.1) is 11.8 Å². The molecule has 0 amide bonds. The molecule has 8 heteroatoms. The van der Waals surface area contributed by atoms with Crippen molar-refractivity contribution in [2.45, 2.75) is 32.7 Å². The number of hydrogen-bond acceptors (Lipinski definition) is 6. The molecular formula is C19H22N2O5S. The van der Waals surface area contributed by atoms with E-state index in [1.165, 1.54) is 24.9 Å². The summed E-state index contributed by atoms with van der Waals surface area (Å²) in [5, 5.41) is 22.1. The first-order chi connectivity index (χ1) is 12.7. The van der Waals surface area contributed by atoms with Crippen LogP contribution in [0.2, 0.25) is 0 Å². The van der Waals surface area contributed by atoms with Crippen molar-refractivity contribution in [2.24, 2.45) is 10.4 Å². The lowest BCUT2D eigenvalue weighted by Gasteiger charge is -2.36. The number of anilines is 1. The Morgan fingerprint density at radius 1 is 1.30 bits per heavy atom. The first-order valence-corrected chi connectivity index (χ1v) is 9.53. The van der Waals surface area contributed by atoms with E-state index in [0.29, 0.717) is 23.6 Å². The predicted octanol–water partition coefficient (Wildman–Crippen LogP) is 3.48. The normalized spacial score (nSPS) is 21.1. The van der Waals surface area contributed by atoms with Crippen molar-refractivity contribution < 1.29 is 24.5 Å². The van der Waals surface area contributed by atoms with Gasteiger partial charge in [-0.05, 0) is 36.5 Å². The van der Waals surface area contributed by atoms with E-state index in [2.05, 4.69) is 24.2 Å². The Morgan fingerprint density at radius 2 is 2.04 bits per heavy atom. The number of aliphatic carboxylic acids is 1. The number of thioether (sulfide) groups is 1. The molecule has 144 valence electrons. The SMILES string of the molecule is COc1ccc(NC2=C3SCC(C(=O)O)N=C3CC(C)(C)C2)c(C(=O)O)c1. The Kier molecular flexibility index (Phi) is 5.19. The van der Waals surface area contributed by atoms with Gasteiger partial charge < -0.3 is 20.3 Å². The van der Waals surface area contributed by atoms with Crippen LogP contribution in [0.15, 0.2) is 33.8 Å².